The third-order valence-electron chi connectivity index (χ3n) is 17.2. The molecule has 0 aliphatic heterocycles. The lowest BCUT2D eigenvalue weighted by Gasteiger charge is -2.18. The summed E-state index contributed by atoms with van der Waals surface area (Å²) in [5.41, 5.74) is 0. The predicted molar refractivity (Wildman–Crippen MR) is 358 cm³/mol. The summed E-state index contributed by atoms with van der Waals surface area (Å²) in [7, 11) is 0. The van der Waals surface area contributed by atoms with Crippen molar-refractivity contribution in [3.05, 3.63) is 24.3 Å². The van der Waals surface area contributed by atoms with Crippen molar-refractivity contribution in [2.45, 2.75) is 431 Å². The highest BCUT2D eigenvalue weighted by molar-refractivity contribution is 5.71. The van der Waals surface area contributed by atoms with Gasteiger partial charge in [0.15, 0.2) is 6.10 Å². The summed E-state index contributed by atoms with van der Waals surface area (Å²) >= 11 is 0. The first-order valence-electron chi connectivity index (χ1n) is 37.3. The number of allylic oxidation sites excluding steroid dienone is 4. The van der Waals surface area contributed by atoms with E-state index in [9.17, 15) is 14.4 Å². The normalized spacial score (nSPS) is 12.1. The fourth-order valence-corrected chi connectivity index (χ4v) is 11.6. The van der Waals surface area contributed by atoms with Gasteiger partial charge in [-0.3, -0.25) is 14.4 Å². The molecule has 0 saturated carbocycles. The molecule has 6 heteroatoms. The molecule has 0 rings (SSSR count). The van der Waals surface area contributed by atoms with Crippen molar-refractivity contribution in [3.63, 3.8) is 0 Å². The molecule has 484 valence electrons. The van der Waals surface area contributed by atoms with Crippen LogP contribution in [0.25, 0.3) is 0 Å². The fourth-order valence-electron chi connectivity index (χ4n) is 11.6. The number of hydrogen-bond donors (Lipinski definition) is 0. The molecule has 0 amide bonds. The van der Waals surface area contributed by atoms with Crippen molar-refractivity contribution in [1.29, 1.82) is 0 Å². The average molecular weight is 1150 g/mol. The van der Waals surface area contributed by atoms with E-state index in [1.165, 1.54) is 321 Å². The molecule has 0 aromatic rings. The van der Waals surface area contributed by atoms with E-state index in [-0.39, 0.29) is 31.1 Å². The second kappa shape index (κ2) is 71.4. The van der Waals surface area contributed by atoms with Crippen LogP contribution in [0.1, 0.15) is 425 Å². The van der Waals surface area contributed by atoms with Crippen LogP contribution in [-0.4, -0.2) is 37.2 Å². The molecule has 6 nitrogen and oxygen atoms in total. The molecule has 0 fully saturated rings. The summed E-state index contributed by atoms with van der Waals surface area (Å²) < 4.78 is 17.0. The summed E-state index contributed by atoms with van der Waals surface area (Å²) in [4.78, 5) is 38.5. The molecule has 0 aliphatic carbocycles. The lowest BCUT2D eigenvalue weighted by atomic mass is 10.0. The Bertz CT molecular complexity index is 1320. The van der Waals surface area contributed by atoms with E-state index in [1.807, 2.05) is 0 Å². The van der Waals surface area contributed by atoms with Gasteiger partial charge in [0, 0.05) is 19.3 Å². The Balaban J connectivity index is 4.21. The van der Waals surface area contributed by atoms with Crippen molar-refractivity contribution in [1.82, 2.24) is 0 Å². The maximum atomic E-state index is 13.0. The van der Waals surface area contributed by atoms with Gasteiger partial charge >= 0.3 is 17.9 Å². The zero-order chi connectivity index (χ0) is 59.2. The third-order valence-corrected chi connectivity index (χ3v) is 17.2. The maximum Gasteiger partial charge on any atom is 0.306 e. The Morgan fingerprint density at radius 1 is 0.244 bits per heavy atom. The highest BCUT2D eigenvalue weighted by Gasteiger charge is 2.20. The van der Waals surface area contributed by atoms with Gasteiger partial charge in [-0.2, -0.15) is 0 Å². The van der Waals surface area contributed by atoms with Gasteiger partial charge < -0.3 is 14.2 Å². The Hall–Kier alpha value is -2.11. The summed E-state index contributed by atoms with van der Waals surface area (Å²) in [5, 5.41) is 0. The number of carbonyl (C=O) groups is 3. The monoisotopic (exact) mass is 1150 g/mol. The van der Waals surface area contributed by atoms with Crippen molar-refractivity contribution >= 4 is 17.9 Å². The number of unbranched alkanes of at least 4 members (excludes halogenated alkanes) is 55. The van der Waals surface area contributed by atoms with Crippen molar-refractivity contribution in [2.75, 3.05) is 13.2 Å². The van der Waals surface area contributed by atoms with Gasteiger partial charge in [-0.1, -0.05) is 379 Å². The Kier molecular flexibility index (Phi) is 69.5. The molecule has 0 saturated heterocycles. The maximum absolute atomic E-state index is 13.0. The van der Waals surface area contributed by atoms with Gasteiger partial charge in [0.1, 0.15) is 13.2 Å². The first-order chi connectivity index (χ1) is 40.5. The van der Waals surface area contributed by atoms with Gasteiger partial charge in [-0.25, -0.2) is 0 Å². The molecule has 0 N–H and O–H groups in total. The van der Waals surface area contributed by atoms with Crippen LogP contribution in [0.3, 0.4) is 0 Å². The standard InChI is InChI=1S/C76H144O6/c1-4-7-10-13-16-19-22-25-28-30-32-34-36-37-38-39-41-42-44-46-48-51-54-57-60-63-66-69-75(78)81-72-73(71-80-74(77)68-65-62-59-56-53-50-27-24-21-18-15-12-9-6-3)82-76(79)70-67-64-61-58-55-52-49-47-45-43-40-35-33-31-29-26-23-20-17-14-11-8-5-2/h23,26,31,33,73H,4-22,24-25,27-30,32,34-72H2,1-3H3/b26-23-,33-31-. The van der Waals surface area contributed by atoms with Crippen molar-refractivity contribution in [2.24, 2.45) is 0 Å². The molecular weight excluding hydrogens is 1010 g/mol. The van der Waals surface area contributed by atoms with E-state index >= 15 is 0 Å². The smallest absolute Gasteiger partial charge is 0.306 e. The SMILES string of the molecule is CCCCCCC/C=C\C/C=C\CCCCCCCCCCCCCC(=O)OC(COC(=O)CCCCCCCCCCCCCCCC)COC(=O)CCCCCCCCCCCCCCCCCCCCCCCCCCCCC. The van der Waals surface area contributed by atoms with Crippen LogP contribution in [-0.2, 0) is 28.6 Å². The molecule has 1 unspecified atom stereocenters. The Labute approximate surface area is 513 Å². The van der Waals surface area contributed by atoms with Crippen LogP contribution in [0.2, 0.25) is 0 Å². The Morgan fingerprint density at radius 3 is 0.671 bits per heavy atom. The van der Waals surface area contributed by atoms with E-state index in [0.717, 1.165) is 64.2 Å². The first-order valence-corrected chi connectivity index (χ1v) is 37.3. The minimum Gasteiger partial charge on any atom is -0.462 e. The number of ether oxygens (including phenoxy) is 3. The Morgan fingerprint density at radius 2 is 0.439 bits per heavy atom. The van der Waals surface area contributed by atoms with Crippen LogP contribution in [0.4, 0.5) is 0 Å². The van der Waals surface area contributed by atoms with E-state index in [0.29, 0.717) is 19.3 Å². The van der Waals surface area contributed by atoms with E-state index in [2.05, 4.69) is 45.1 Å². The van der Waals surface area contributed by atoms with E-state index in [1.54, 1.807) is 0 Å². The first kappa shape index (κ1) is 79.9. The van der Waals surface area contributed by atoms with Crippen LogP contribution in [0, 0.1) is 0 Å². The highest BCUT2D eigenvalue weighted by Crippen LogP contribution is 2.19. The zero-order valence-corrected chi connectivity index (χ0v) is 55.8. The van der Waals surface area contributed by atoms with E-state index in [4.69, 9.17) is 14.2 Å². The quantitative estimate of drug-likeness (QED) is 0.0261. The number of hydrogen-bond acceptors (Lipinski definition) is 6. The summed E-state index contributed by atoms with van der Waals surface area (Å²) in [6.07, 6.45) is 87.9. The van der Waals surface area contributed by atoms with Gasteiger partial charge in [-0.15, -0.1) is 0 Å². The summed E-state index contributed by atoms with van der Waals surface area (Å²) in [6.45, 7) is 6.72. The second-order valence-corrected chi connectivity index (χ2v) is 25.6. The molecule has 0 aliphatic rings. The van der Waals surface area contributed by atoms with Crippen molar-refractivity contribution < 1.29 is 28.6 Å². The third kappa shape index (κ3) is 68.7. The van der Waals surface area contributed by atoms with E-state index < -0.39 is 6.10 Å². The largest absolute Gasteiger partial charge is 0.462 e. The molecule has 0 radical (unpaired) electrons. The highest BCUT2D eigenvalue weighted by atomic mass is 16.6. The lowest BCUT2D eigenvalue weighted by molar-refractivity contribution is -0.167. The topological polar surface area (TPSA) is 78.9 Å². The molecule has 0 aromatic heterocycles. The van der Waals surface area contributed by atoms with Gasteiger partial charge in [0.2, 0.25) is 0 Å². The molecule has 0 aromatic carbocycles. The molecular formula is C76H144O6. The molecule has 0 heterocycles. The number of esters is 3. The zero-order valence-electron chi connectivity index (χ0n) is 55.8. The average Bonchev–Trinajstić information content (AvgIpc) is 3.47. The van der Waals surface area contributed by atoms with Gasteiger partial charge in [0.25, 0.3) is 0 Å². The van der Waals surface area contributed by atoms with Crippen LogP contribution in [0.5, 0.6) is 0 Å². The minimum atomic E-state index is -0.769. The molecule has 0 spiro atoms. The molecule has 1 atom stereocenters. The van der Waals surface area contributed by atoms with Crippen LogP contribution >= 0.6 is 0 Å². The minimum absolute atomic E-state index is 0.0650. The fraction of sp³-hybridized carbons (Fsp3) is 0.908. The van der Waals surface area contributed by atoms with Crippen molar-refractivity contribution in [3.8, 4) is 0 Å². The lowest BCUT2D eigenvalue weighted by Crippen LogP contribution is -2.30. The summed E-state index contributed by atoms with van der Waals surface area (Å²) in [6, 6.07) is 0. The van der Waals surface area contributed by atoms with Crippen LogP contribution in [0.15, 0.2) is 24.3 Å². The molecule has 0 bridgehead atoms. The summed E-state index contributed by atoms with van der Waals surface area (Å²) in [5.74, 6) is -0.831. The van der Waals surface area contributed by atoms with Gasteiger partial charge in [-0.05, 0) is 51.4 Å². The number of carbonyl (C=O) groups excluding carboxylic acids is 3. The van der Waals surface area contributed by atoms with Gasteiger partial charge in [0.05, 0.1) is 0 Å². The predicted octanol–water partition coefficient (Wildman–Crippen LogP) is 25.7. The molecule has 82 heavy (non-hydrogen) atoms. The number of rotatable bonds is 70. The van der Waals surface area contributed by atoms with Crippen LogP contribution < -0.4 is 0 Å². The second-order valence-electron chi connectivity index (χ2n) is 25.6.